The van der Waals surface area contributed by atoms with Gasteiger partial charge in [0.05, 0.1) is 16.3 Å². The number of halogens is 1. The molecular weight excluding hydrogens is 435 g/mol. The van der Waals surface area contributed by atoms with Crippen molar-refractivity contribution in [3.05, 3.63) is 59.5 Å². The fourth-order valence-electron chi connectivity index (χ4n) is 3.64. The van der Waals surface area contributed by atoms with Gasteiger partial charge < -0.3 is 5.32 Å². The second kappa shape index (κ2) is 8.19. The molecule has 2 heterocycles. The number of fused-ring (bicyclic) bond motifs is 1. The highest BCUT2D eigenvalue weighted by Gasteiger charge is 2.28. The molecule has 0 unspecified atom stereocenters. The minimum Gasteiger partial charge on any atom is -0.310 e. The van der Waals surface area contributed by atoms with Gasteiger partial charge in [0.2, 0.25) is 11.8 Å². The van der Waals surface area contributed by atoms with Gasteiger partial charge in [-0.15, -0.1) is 0 Å². The SMILES string of the molecule is CCc1nn2c(c1-c1ccc(C)c(S(=O)(=O)Nc3cccc(F)c3)c1)NC(=O)CCC2=O. The van der Waals surface area contributed by atoms with Crippen LogP contribution in [0.4, 0.5) is 15.9 Å². The molecule has 1 aliphatic heterocycles. The predicted octanol–water partition coefficient (Wildman–Crippen LogP) is 3.73. The number of aromatic nitrogens is 2. The van der Waals surface area contributed by atoms with Gasteiger partial charge in [-0.2, -0.15) is 9.78 Å². The summed E-state index contributed by atoms with van der Waals surface area (Å²) in [6.07, 6.45) is 0.554. The summed E-state index contributed by atoms with van der Waals surface area (Å²) >= 11 is 0. The largest absolute Gasteiger partial charge is 0.310 e. The lowest BCUT2D eigenvalue weighted by molar-refractivity contribution is -0.116. The van der Waals surface area contributed by atoms with Crippen LogP contribution in [-0.4, -0.2) is 30.0 Å². The first-order valence-electron chi connectivity index (χ1n) is 10.0. The zero-order chi connectivity index (χ0) is 23.0. The first kappa shape index (κ1) is 21.7. The lowest BCUT2D eigenvalue weighted by Crippen LogP contribution is -2.15. The maximum Gasteiger partial charge on any atom is 0.262 e. The van der Waals surface area contributed by atoms with E-state index in [4.69, 9.17) is 0 Å². The van der Waals surface area contributed by atoms with Crippen molar-refractivity contribution in [3.8, 4) is 11.1 Å². The van der Waals surface area contributed by atoms with E-state index in [1.807, 2.05) is 6.92 Å². The van der Waals surface area contributed by atoms with E-state index in [0.717, 1.165) is 6.07 Å². The molecule has 4 rings (SSSR count). The fourth-order valence-corrected chi connectivity index (χ4v) is 4.96. The first-order valence-corrected chi connectivity index (χ1v) is 11.5. The van der Waals surface area contributed by atoms with Gasteiger partial charge in [-0.1, -0.05) is 25.1 Å². The monoisotopic (exact) mass is 456 g/mol. The topological polar surface area (TPSA) is 110 Å². The Labute approximate surface area is 184 Å². The van der Waals surface area contributed by atoms with Crippen molar-refractivity contribution in [3.63, 3.8) is 0 Å². The standard InChI is InChI=1S/C22H21FN4O4S/c1-3-17-21(22-24-19(28)9-10-20(29)27(22)25-17)14-8-7-13(2)18(11-14)32(30,31)26-16-6-4-5-15(23)12-16/h4-8,11-12,26H,3,9-10H2,1-2H3,(H,24,28). The van der Waals surface area contributed by atoms with Gasteiger partial charge in [-0.05, 0) is 48.7 Å². The molecule has 1 aliphatic rings. The zero-order valence-corrected chi connectivity index (χ0v) is 18.3. The smallest absolute Gasteiger partial charge is 0.262 e. The molecule has 2 N–H and O–H groups in total. The van der Waals surface area contributed by atoms with E-state index in [1.54, 1.807) is 19.1 Å². The van der Waals surface area contributed by atoms with E-state index in [1.165, 1.54) is 28.9 Å². The second-order valence-electron chi connectivity index (χ2n) is 7.47. The van der Waals surface area contributed by atoms with Crippen molar-refractivity contribution in [1.82, 2.24) is 9.78 Å². The third-order valence-corrected chi connectivity index (χ3v) is 6.72. The molecule has 0 saturated heterocycles. The third-order valence-electron chi connectivity index (χ3n) is 5.20. The number of carbonyl (C=O) groups excluding carboxylic acids is 2. The van der Waals surface area contributed by atoms with Crippen molar-refractivity contribution >= 4 is 33.3 Å². The van der Waals surface area contributed by atoms with E-state index in [-0.39, 0.29) is 41.1 Å². The number of amides is 1. The molecule has 1 aromatic heterocycles. The van der Waals surface area contributed by atoms with E-state index in [9.17, 15) is 22.4 Å². The summed E-state index contributed by atoms with van der Waals surface area (Å²) in [5, 5.41) is 7.09. The van der Waals surface area contributed by atoms with Crippen LogP contribution in [0.1, 0.15) is 35.8 Å². The highest BCUT2D eigenvalue weighted by molar-refractivity contribution is 7.92. The van der Waals surface area contributed by atoms with Crippen LogP contribution in [0.2, 0.25) is 0 Å². The highest BCUT2D eigenvalue weighted by Crippen LogP contribution is 2.36. The molecular formula is C22H21FN4O4S. The number of carbonyl (C=O) groups is 2. The molecule has 1 amide bonds. The van der Waals surface area contributed by atoms with Gasteiger partial charge in [0, 0.05) is 18.4 Å². The van der Waals surface area contributed by atoms with Crippen molar-refractivity contribution in [2.45, 2.75) is 38.0 Å². The number of hydrogen-bond donors (Lipinski definition) is 2. The molecule has 0 atom stereocenters. The Balaban J connectivity index is 1.83. The molecule has 3 aromatic rings. The Hall–Kier alpha value is -3.53. The van der Waals surface area contributed by atoms with Crippen LogP contribution in [0, 0.1) is 12.7 Å². The number of anilines is 2. The molecule has 10 heteroatoms. The summed E-state index contributed by atoms with van der Waals surface area (Å²) in [5.41, 5.74) is 2.12. The number of nitrogens with one attached hydrogen (secondary N) is 2. The summed E-state index contributed by atoms with van der Waals surface area (Å²) in [7, 11) is -4.04. The van der Waals surface area contributed by atoms with Gasteiger partial charge in [0.15, 0.2) is 0 Å². The van der Waals surface area contributed by atoms with Crippen LogP contribution in [0.5, 0.6) is 0 Å². The Kier molecular flexibility index (Phi) is 5.55. The molecule has 0 bridgehead atoms. The predicted molar refractivity (Wildman–Crippen MR) is 117 cm³/mol. The van der Waals surface area contributed by atoms with Crippen molar-refractivity contribution in [2.75, 3.05) is 10.0 Å². The maximum absolute atomic E-state index is 13.5. The van der Waals surface area contributed by atoms with Gasteiger partial charge >= 0.3 is 0 Å². The Morgan fingerprint density at radius 3 is 2.66 bits per heavy atom. The number of rotatable bonds is 5. The van der Waals surface area contributed by atoms with E-state index < -0.39 is 15.8 Å². The van der Waals surface area contributed by atoms with Crippen molar-refractivity contribution < 1.29 is 22.4 Å². The number of aryl methyl sites for hydroxylation is 2. The average Bonchev–Trinajstić information content (AvgIpc) is 3.03. The van der Waals surface area contributed by atoms with Gasteiger partial charge in [-0.25, -0.2) is 12.8 Å². The molecule has 0 spiro atoms. The van der Waals surface area contributed by atoms with E-state index in [2.05, 4.69) is 15.1 Å². The van der Waals surface area contributed by atoms with E-state index in [0.29, 0.717) is 28.8 Å². The molecule has 0 radical (unpaired) electrons. The Morgan fingerprint density at radius 2 is 1.94 bits per heavy atom. The number of hydrogen-bond acceptors (Lipinski definition) is 5. The Morgan fingerprint density at radius 1 is 1.16 bits per heavy atom. The summed E-state index contributed by atoms with van der Waals surface area (Å²) in [5.74, 6) is -0.952. The van der Waals surface area contributed by atoms with Crippen molar-refractivity contribution in [2.24, 2.45) is 0 Å². The summed E-state index contributed by atoms with van der Waals surface area (Å²) in [4.78, 5) is 24.6. The molecule has 0 fully saturated rings. The van der Waals surface area contributed by atoms with Gasteiger partial charge in [0.25, 0.3) is 10.0 Å². The third kappa shape index (κ3) is 4.01. The maximum atomic E-state index is 13.5. The number of benzene rings is 2. The summed E-state index contributed by atoms with van der Waals surface area (Å²) in [6, 6.07) is 9.99. The van der Waals surface area contributed by atoms with Crippen LogP contribution >= 0.6 is 0 Å². The number of nitrogens with zero attached hydrogens (tertiary/aromatic N) is 2. The van der Waals surface area contributed by atoms with Crippen LogP contribution in [0.3, 0.4) is 0 Å². The molecule has 2 aromatic carbocycles. The van der Waals surface area contributed by atoms with Crippen LogP contribution in [0.15, 0.2) is 47.4 Å². The summed E-state index contributed by atoms with van der Waals surface area (Å²) in [6.45, 7) is 3.50. The van der Waals surface area contributed by atoms with Crippen molar-refractivity contribution in [1.29, 1.82) is 0 Å². The van der Waals surface area contributed by atoms with Gasteiger partial charge in [-0.3, -0.25) is 14.3 Å². The normalized spacial score (nSPS) is 14.0. The zero-order valence-electron chi connectivity index (χ0n) is 17.5. The Bertz CT molecular complexity index is 1350. The molecule has 32 heavy (non-hydrogen) atoms. The molecule has 8 nitrogen and oxygen atoms in total. The van der Waals surface area contributed by atoms with Crippen LogP contribution < -0.4 is 10.0 Å². The van der Waals surface area contributed by atoms with Crippen LogP contribution in [-0.2, 0) is 21.2 Å². The quantitative estimate of drug-likeness (QED) is 0.608. The molecule has 0 aliphatic carbocycles. The minimum absolute atomic E-state index is 0.00691. The summed E-state index contributed by atoms with van der Waals surface area (Å²) < 4.78 is 43.2. The number of sulfonamides is 1. The average molecular weight is 456 g/mol. The van der Waals surface area contributed by atoms with Gasteiger partial charge in [0.1, 0.15) is 11.6 Å². The minimum atomic E-state index is -4.04. The van der Waals surface area contributed by atoms with E-state index >= 15 is 0 Å². The lowest BCUT2D eigenvalue weighted by Gasteiger charge is -2.13. The van der Waals surface area contributed by atoms with Crippen LogP contribution in [0.25, 0.3) is 11.1 Å². The lowest BCUT2D eigenvalue weighted by atomic mass is 10.0. The highest BCUT2D eigenvalue weighted by atomic mass is 32.2. The molecule has 166 valence electrons. The second-order valence-corrected chi connectivity index (χ2v) is 9.12. The fraction of sp³-hybridized carbons (Fsp3) is 0.227. The molecule has 0 saturated carbocycles. The first-order chi connectivity index (χ1) is 15.2.